The van der Waals surface area contributed by atoms with Gasteiger partial charge in [0.2, 0.25) is 0 Å². The van der Waals surface area contributed by atoms with Crippen LogP contribution in [0.5, 0.6) is 0 Å². The van der Waals surface area contributed by atoms with Gasteiger partial charge in [0.25, 0.3) is 0 Å². The Kier molecular flexibility index (Phi) is 6.65. The van der Waals surface area contributed by atoms with Crippen LogP contribution in [-0.2, 0) is 14.3 Å². The second kappa shape index (κ2) is 7.37. The maximum atomic E-state index is 10.9. The summed E-state index contributed by atoms with van der Waals surface area (Å²) in [7, 11) is 1.54. The molecule has 5 heteroatoms. The van der Waals surface area contributed by atoms with Gasteiger partial charge in [0.15, 0.2) is 6.19 Å². The molecule has 13 heavy (non-hydrogen) atoms. The lowest BCUT2D eigenvalue weighted by Gasteiger charge is -2.13. The average molecular weight is 186 g/mol. The van der Waals surface area contributed by atoms with Crippen molar-refractivity contribution in [2.75, 3.05) is 33.4 Å². The summed E-state index contributed by atoms with van der Waals surface area (Å²) >= 11 is 0. The smallest absolute Gasteiger partial charge is 0.326 e. The molecule has 0 saturated carbocycles. The number of ether oxygens (including phenoxy) is 2. The normalized spacial score (nSPS) is 9.00. The average Bonchev–Trinajstić information content (AvgIpc) is 2.12. The maximum absolute atomic E-state index is 10.9. The zero-order chi connectivity index (χ0) is 10.1. The predicted molar refractivity (Wildman–Crippen MR) is 45.7 cm³/mol. The highest BCUT2D eigenvalue weighted by Gasteiger charge is 2.08. The molecule has 0 atom stereocenters. The number of rotatable bonds is 6. The van der Waals surface area contributed by atoms with Crippen LogP contribution in [0.3, 0.4) is 0 Å². The van der Waals surface area contributed by atoms with E-state index in [-0.39, 0.29) is 12.5 Å². The molecule has 0 aromatic carbocycles. The Hall–Kier alpha value is -1.28. The Balaban J connectivity index is 3.71. The van der Waals surface area contributed by atoms with Crippen molar-refractivity contribution in [3.05, 3.63) is 0 Å². The minimum absolute atomic E-state index is 0.00625. The van der Waals surface area contributed by atoms with Crippen molar-refractivity contribution >= 4 is 5.97 Å². The summed E-state index contributed by atoms with van der Waals surface area (Å²) in [5.41, 5.74) is 0. The van der Waals surface area contributed by atoms with E-state index in [1.54, 1.807) is 14.0 Å². The molecule has 0 aromatic rings. The van der Waals surface area contributed by atoms with Crippen molar-refractivity contribution in [2.24, 2.45) is 0 Å². The van der Waals surface area contributed by atoms with Crippen molar-refractivity contribution in [2.45, 2.75) is 6.92 Å². The molecule has 0 fully saturated rings. The van der Waals surface area contributed by atoms with E-state index in [9.17, 15) is 4.79 Å². The molecule has 0 aromatic heterocycles. The molecular weight excluding hydrogens is 172 g/mol. The summed E-state index contributed by atoms with van der Waals surface area (Å²) < 4.78 is 9.45. The van der Waals surface area contributed by atoms with Gasteiger partial charge in [0, 0.05) is 7.11 Å². The molecule has 0 unspecified atom stereocenters. The van der Waals surface area contributed by atoms with Crippen molar-refractivity contribution in [1.29, 1.82) is 5.26 Å². The minimum Gasteiger partial charge on any atom is -0.465 e. The van der Waals surface area contributed by atoms with Crippen molar-refractivity contribution < 1.29 is 14.3 Å². The van der Waals surface area contributed by atoms with Crippen LogP contribution in [0.1, 0.15) is 6.92 Å². The van der Waals surface area contributed by atoms with E-state index in [0.717, 1.165) is 0 Å². The summed E-state index contributed by atoms with van der Waals surface area (Å²) in [5, 5.41) is 8.58. The third kappa shape index (κ3) is 5.93. The molecule has 0 heterocycles. The zero-order valence-electron chi connectivity index (χ0n) is 7.95. The number of nitriles is 1. The first kappa shape index (κ1) is 11.7. The molecule has 0 aliphatic rings. The molecule has 0 bridgehead atoms. The minimum atomic E-state index is -0.389. The van der Waals surface area contributed by atoms with Gasteiger partial charge in [-0.25, -0.2) is 0 Å². The second-order valence-corrected chi connectivity index (χ2v) is 2.32. The fraction of sp³-hybridized carbons (Fsp3) is 0.750. The third-order valence-corrected chi connectivity index (χ3v) is 1.33. The maximum Gasteiger partial charge on any atom is 0.326 e. The van der Waals surface area contributed by atoms with E-state index >= 15 is 0 Å². The van der Waals surface area contributed by atoms with Gasteiger partial charge in [-0.05, 0) is 6.92 Å². The van der Waals surface area contributed by atoms with Crippen LogP contribution in [0.25, 0.3) is 0 Å². The van der Waals surface area contributed by atoms with E-state index in [4.69, 9.17) is 10.00 Å². The monoisotopic (exact) mass is 186 g/mol. The summed E-state index contributed by atoms with van der Waals surface area (Å²) in [4.78, 5) is 12.2. The second-order valence-electron chi connectivity index (χ2n) is 2.32. The quantitative estimate of drug-likeness (QED) is 0.331. The lowest BCUT2D eigenvalue weighted by atomic mass is 10.5. The lowest BCUT2D eigenvalue weighted by molar-refractivity contribution is -0.143. The van der Waals surface area contributed by atoms with Crippen LogP contribution in [0.4, 0.5) is 0 Å². The number of carbonyl (C=O) groups is 1. The molecule has 74 valence electrons. The van der Waals surface area contributed by atoms with Crippen LogP contribution >= 0.6 is 0 Å². The Bertz CT molecular complexity index is 188. The summed E-state index contributed by atoms with van der Waals surface area (Å²) in [5.74, 6) is -0.389. The van der Waals surface area contributed by atoms with E-state index in [1.807, 2.05) is 6.19 Å². The highest BCUT2D eigenvalue weighted by Crippen LogP contribution is 1.88. The summed E-state index contributed by atoms with van der Waals surface area (Å²) in [6.45, 7) is 2.89. The third-order valence-electron chi connectivity index (χ3n) is 1.33. The van der Waals surface area contributed by atoms with E-state index in [1.165, 1.54) is 4.90 Å². The first-order valence-electron chi connectivity index (χ1n) is 4.03. The first-order valence-corrected chi connectivity index (χ1v) is 4.03. The number of carbonyl (C=O) groups excluding carboxylic acids is 1. The fourth-order valence-electron chi connectivity index (χ4n) is 0.728. The van der Waals surface area contributed by atoms with E-state index in [2.05, 4.69) is 4.74 Å². The molecule has 0 spiro atoms. The fourth-order valence-corrected chi connectivity index (χ4v) is 0.728. The van der Waals surface area contributed by atoms with Crippen LogP contribution < -0.4 is 0 Å². The van der Waals surface area contributed by atoms with Crippen molar-refractivity contribution in [3.63, 3.8) is 0 Å². The number of methoxy groups -OCH3 is 1. The van der Waals surface area contributed by atoms with Gasteiger partial charge in [0.05, 0.1) is 19.8 Å². The van der Waals surface area contributed by atoms with Gasteiger partial charge < -0.3 is 9.47 Å². The van der Waals surface area contributed by atoms with Crippen LogP contribution in [0, 0.1) is 11.5 Å². The summed E-state index contributed by atoms with van der Waals surface area (Å²) in [6, 6.07) is 0. The summed E-state index contributed by atoms with van der Waals surface area (Å²) in [6.07, 6.45) is 1.88. The highest BCUT2D eigenvalue weighted by atomic mass is 16.5. The Labute approximate surface area is 77.8 Å². The number of hydrogen-bond donors (Lipinski definition) is 0. The van der Waals surface area contributed by atoms with Gasteiger partial charge in [-0.1, -0.05) is 0 Å². The lowest BCUT2D eigenvalue weighted by Crippen LogP contribution is -2.29. The molecule has 0 N–H and O–H groups in total. The number of nitrogens with zero attached hydrogens (tertiary/aromatic N) is 2. The molecule has 0 aliphatic carbocycles. The van der Waals surface area contributed by atoms with E-state index < -0.39 is 0 Å². The predicted octanol–water partition coefficient (Wildman–Crippen LogP) is -0.0210. The van der Waals surface area contributed by atoms with Crippen molar-refractivity contribution in [3.8, 4) is 6.19 Å². The van der Waals surface area contributed by atoms with Gasteiger partial charge in [-0.15, -0.1) is 0 Å². The van der Waals surface area contributed by atoms with Gasteiger partial charge in [-0.2, -0.15) is 5.26 Å². The van der Waals surface area contributed by atoms with Gasteiger partial charge >= 0.3 is 5.97 Å². The Morgan fingerprint density at radius 2 is 2.31 bits per heavy atom. The van der Waals surface area contributed by atoms with Crippen molar-refractivity contribution in [1.82, 2.24) is 4.90 Å². The van der Waals surface area contributed by atoms with Gasteiger partial charge in [0.1, 0.15) is 6.54 Å². The van der Waals surface area contributed by atoms with Crippen LogP contribution in [-0.4, -0.2) is 44.3 Å². The van der Waals surface area contributed by atoms with Crippen LogP contribution in [0.2, 0.25) is 0 Å². The SMILES string of the molecule is CCOC(=O)CN(C#N)CCOC. The Morgan fingerprint density at radius 3 is 2.77 bits per heavy atom. The standard InChI is InChI=1S/C8H14N2O3/c1-3-13-8(11)6-10(7-9)4-5-12-2/h3-6H2,1-2H3. The number of esters is 1. The first-order chi connectivity index (χ1) is 6.24. The molecule has 0 saturated heterocycles. The zero-order valence-corrected chi connectivity index (χ0v) is 7.95. The molecule has 0 radical (unpaired) electrons. The molecule has 5 nitrogen and oxygen atoms in total. The largest absolute Gasteiger partial charge is 0.465 e. The topological polar surface area (TPSA) is 62.6 Å². The molecular formula is C8H14N2O3. The number of hydrogen-bond acceptors (Lipinski definition) is 5. The highest BCUT2D eigenvalue weighted by molar-refractivity contribution is 5.71. The molecule has 0 aliphatic heterocycles. The van der Waals surface area contributed by atoms with E-state index in [0.29, 0.717) is 19.8 Å². The molecule has 0 rings (SSSR count). The molecule has 0 amide bonds. The van der Waals surface area contributed by atoms with Gasteiger partial charge in [-0.3, -0.25) is 9.69 Å². The van der Waals surface area contributed by atoms with Crippen LogP contribution in [0.15, 0.2) is 0 Å². The Morgan fingerprint density at radius 1 is 1.62 bits per heavy atom.